The predicted octanol–water partition coefficient (Wildman–Crippen LogP) is 4.07. The van der Waals surface area contributed by atoms with Crippen LogP contribution < -0.4 is 10.1 Å². The van der Waals surface area contributed by atoms with Crippen molar-refractivity contribution in [3.05, 3.63) is 88.5 Å². The minimum atomic E-state index is -0.127. The van der Waals surface area contributed by atoms with E-state index in [1.165, 1.54) is 0 Å². The first-order chi connectivity index (χ1) is 15.6. The molecule has 9 heteroatoms. The minimum absolute atomic E-state index is 0.0824. The monoisotopic (exact) mass is 446 g/mol. The molecule has 0 saturated carbocycles. The Bertz CT molecular complexity index is 1260. The molecule has 0 spiro atoms. The van der Waals surface area contributed by atoms with Crippen LogP contribution in [-0.4, -0.2) is 30.9 Å². The third kappa shape index (κ3) is 3.92. The smallest absolute Gasteiger partial charge is 0.226 e. The molecule has 0 fully saturated rings. The third-order valence-electron chi connectivity index (χ3n) is 5.33. The number of hydrogen-bond donors (Lipinski definition) is 1. The third-order valence-corrected chi connectivity index (χ3v) is 5.53. The van der Waals surface area contributed by atoms with Crippen molar-refractivity contribution in [2.24, 2.45) is 0 Å². The topological polar surface area (TPSA) is 94.8 Å². The molecule has 160 valence electrons. The molecule has 0 unspecified atom stereocenters. The van der Waals surface area contributed by atoms with Crippen molar-refractivity contribution in [3.8, 4) is 11.6 Å². The molecule has 32 heavy (non-hydrogen) atoms. The van der Waals surface area contributed by atoms with Crippen molar-refractivity contribution in [1.82, 2.24) is 25.0 Å². The lowest BCUT2D eigenvalue weighted by molar-refractivity contribution is -0.116. The molecular weight excluding hydrogens is 428 g/mol. The quantitative estimate of drug-likeness (QED) is 0.496. The van der Waals surface area contributed by atoms with Crippen LogP contribution in [0.4, 0.5) is 5.82 Å². The molecule has 1 N–H and O–H groups in total. The van der Waals surface area contributed by atoms with Gasteiger partial charge in [0, 0.05) is 24.1 Å². The zero-order valence-corrected chi connectivity index (χ0v) is 18.0. The van der Waals surface area contributed by atoms with E-state index >= 15 is 0 Å². The largest absolute Gasteiger partial charge is 0.487 e. The van der Waals surface area contributed by atoms with Gasteiger partial charge in [-0.3, -0.25) is 9.78 Å². The Morgan fingerprint density at radius 2 is 1.97 bits per heavy atom. The molecule has 1 aliphatic rings. The van der Waals surface area contributed by atoms with Crippen molar-refractivity contribution in [2.75, 3.05) is 5.32 Å². The number of benzene rings is 1. The van der Waals surface area contributed by atoms with E-state index in [2.05, 4.69) is 25.6 Å². The lowest BCUT2D eigenvalue weighted by Crippen LogP contribution is -2.25. The molecule has 4 heterocycles. The summed E-state index contributed by atoms with van der Waals surface area (Å²) in [6.45, 7) is 2.32. The fourth-order valence-corrected chi connectivity index (χ4v) is 3.96. The predicted molar refractivity (Wildman–Crippen MR) is 119 cm³/mol. The van der Waals surface area contributed by atoms with Gasteiger partial charge in [-0.2, -0.15) is 9.78 Å². The molecule has 4 aromatic rings. The maximum Gasteiger partial charge on any atom is 0.226 e. The standard InChI is InChI=1S/C23H19ClN6O2/c1-14-22-18(15-5-7-17(8-6-15)32-13-16-4-2-3-11-25-16)12-21(31)26-23(22)30(29-14)20-10-9-19(24)27-28-20/h2-11,18H,12-13H2,1H3,(H,26,31)/t18-/m1/s1. The number of pyridine rings is 1. The number of hydrogen-bond acceptors (Lipinski definition) is 6. The zero-order chi connectivity index (χ0) is 22.1. The summed E-state index contributed by atoms with van der Waals surface area (Å²) in [7, 11) is 0. The summed E-state index contributed by atoms with van der Waals surface area (Å²) in [6.07, 6.45) is 2.07. The normalized spacial score (nSPS) is 15.2. The van der Waals surface area contributed by atoms with Crippen molar-refractivity contribution in [2.45, 2.75) is 25.9 Å². The number of nitrogens with one attached hydrogen (secondary N) is 1. The SMILES string of the molecule is Cc1nn(-c2ccc(Cl)nn2)c2c1[C@@H](c1ccc(OCc3ccccn3)cc1)CC(=O)N2. The van der Waals surface area contributed by atoms with E-state index in [1.54, 1.807) is 23.0 Å². The Balaban J connectivity index is 1.43. The maximum absolute atomic E-state index is 12.5. The first kappa shape index (κ1) is 20.1. The number of anilines is 1. The Kier molecular flexibility index (Phi) is 5.28. The van der Waals surface area contributed by atoms with Gasteiger partial charge in [0.2, 0.25) is 5.91 Å². The summed E-state index contributed by atoms with van der Waals surface area (Å²) in [5.74, 6) is 1.62. The number of amides is 1. The van der Waals surface area contributed by atoms with E-state index < -0.39 is 0 Å². The van der Waals surface area contributed by atoms with Gasteiger partial charge < -0.3 is 10.1 Å². The van der Waals surface area contributed by atoms with Crippen molar-refractivity contribution in [3.63, 3.8) is 0 Å². The zero-order valence-electron chi connectivity index (χ0n) is 17.2. The van der Waals surface area contributed by atoms with Crippen LogP contribution in [0.1, 0.15) is 34.9 Å². The fraction of sp³-hybridized carbons (Fsp3) is 0.174. The Labute approximate surface area is 189 Å². The highest BCUT2D eigenvalue weighted by Crippen LogP contribution is 2.40. The number of rotatable bonds is 5. The van der Waals surface area contributed by atoms with E-state index in [0.29, 0.717) is 29.8 Å². The Morgan fingerprint density at radius 1 is 1.12 bits per heavy atom. The number of carbonyl (C=O) groups excluding carboxylic acids is 1. The van der Waals surface area contributed by atoms with Crippen molar-refractivity contribution >= 4 is 23.3 Å². The van der Waals surface area contributed by atoms with Crippen LogP contribution in [0, 0.1) is 6.92 Å². The first-order valence-corrected chi connectivity index (χ1v) is 10.5. The van der Waals surface area contributed by atoms with Gasteiger partial charge in [-0.1, -0.05) is 29.8 Å². The van der Waals surface area contributed by atoms with Gasteiger partial charge >= 0.3 is 0 Å². The van der Waals surface area contributed by atoms with Crippen LogP contribution in [0.5, 0.6) is 5.75 Å². The number of carbonyl (C=O) groups is 1. The second kappa shape index (κ2) is 8.39. The number of halogens is 1. The number of nitrogens with zero attached hydrogens (tertiary/aromatic N) is 5. The minimum Gasteiger partial charge on any atom is -0.487 e. The highest BCUT2D eigenvalue weighted by atomic mass is 35.5. The van der Waals surface area contributed by atoms with E-state index in [0.717, 1.165) is 28.3 Å². The lowest BCUT2D eigenvalue weighted by Gasteiger charge is -2.24. The van der Waals surface area contributed by atoms with Crippen LogP contribution >= 0.6 is 11.6 Å². The van der Waals surface area contributed by atoms with Gasteiger partial charge in [0.1, 0.15) is 18.2 Å². The lowest BCUT2D eigenvalue weighted by atomic mass is 9.86. The van der Waals surface area contributed by atoms with E-state index in [4.69, 9.17) is 16.3 Å². The molecule has 5 rings (SSSR count). The summed E-state index contributed by atoms with van der Waals surface area (Å²) >= 11 is 5.86. The van der Waals surface area contributed by atoms with E-state index in [-0.39, 0.29) is 11.8 Å². The molecule has 0 saturated heterocycles. The van der Waals surface area contributed by atoms with Gasteiger partial charge in [0.05, 0.1) is 11.4 Å². The molecule has 1 atom stereocenters. The summed E-state index contributed by atoms with van der Waals surface area (Å²) in [6, 6.07) is 16.9. The number of aromatic nitrogens is 5. The molecule has 0 bridgehead atoms. The van der Waals surface area contributed by atoms with Crippen molar-refractivity contribution in [1.29, 1.82) is 0 Å². The van der Waals surface area contributed by atoms with Gasteiger partial charge in [0.25, 0.3) is 0 Å². The second-order valence-corrected chi connectivity index (χ2v) is 7.84. The molecule has 0 radical (unpaired) electrons. The number of aryl methyl sites for hydroxylation is 1. The summed E-state index contributed by atoms with van der Waals surface area (Å²) in [4.78, 5) is 16.8. The molecule has 0 aliphatic carbocycles. The van der Waals surface area contributed by atoms with Crippen LogP contribution in [0.3, 0.4) is 0 Å². The molecule has 8 nitrogen and oxygen atoms in total. The van der Waals surface area contributed by atoms with E-state index in [1.807, 2.05) is 49.4 Å². The van der Waals surface area contributed by atoms with Gasteiger partial charge in [-0.15, -0.1) is 10.2 Å². The van der Waals surface area contributed by atoms with Crippen LogP contribution in [0.25, 0.3) is 5.82 Å². The Hall–Kier alpha value is -3.78. The molecular formula is C23H19ClN6O2. The number of ether oxygens (including phenoxy) is 1. The van der Waals surface area contributed by atoms with Crippen LogP contribution in [0.2, 0.25) is 5.15 Å². The highest BCUT2D eigenvalue weighted by molar-refractivity contribution is 6.29. The molecule has 1 amide bonds. The summed E-state index contributed by atoms with van der Waals surface area (Å²) < 4.78 is 7.44. The Morgan fingerprint density at radius 3 is 2.69 bits per heavy atom. The van der Waals surface area contributed by atoms with Gasteiger partial charge in [0.15, 0.2) is 11.0 Å². The maximum atomic E-state index is 12.5. The van der Waals surface area contributed by atoms with E-state index in [9.17, 15) is 4.79 Å². The average molecular weight is 447 g/mol. The van der Waals surface area contributed by atoms with Gasteiger partial charge in [-0.25, -0.2) is 0 Å². The van der Waals surface area contributed by atoms with Gasteiger partial charge in [-0.05, 0) is 48.9 Å². The molecule has 1 aromatic carbocycles. The fourth-order valence-electron chi connectivity index (χ4n) is 3.86. The second-order valence-electron chi connectivity index (χ2n) is 7.46. The molecule has 1 aliphatic heterocycles. The molecule has 3 aromatic heterocycles. The average Bonchev–Trinajstić information content (AvgIpc) is 3.15. The number of fused-ring (bicyclic) bond motifs is 1. The first-order valence-electron chi connectivity index (χ1n) is 10.1. The van der Waals surface area contributed by atoms with Crippen molar-refractivity contribution < 1.29 is 9.53 Å². The summed E-state index contributed by atoms with van der Waals surface area (Å²) in [5, 5.41) is 15.8. The van der Waals surface area contributed by atoms with Crippen LogP contribution in [-0.2, 0) is 11.4 Å². The summed E-state index contributed by atoms with van der Waals surface area (Å²) in [5.41, 5.74) is 3.65. The highest BCUT2D eigenvalue weighted by Gasteiger charge is 2.33. The van der Waals surface area contributed by atoms with Crippen LogP contribution in [0.15, 0.2) is 60.8 Å².